The first-order valence-corrected chi connectivity index (χ1v) is 14.5. The highest BCUT2D eigenvalue weighted by Crippen LogP contribution is 2.31. The van der Waals surface area contributed by atoms with Gasteiger partial charge in [-0.05, 0) is 79.2 Å². The van der Waals surface area contributed by atoms with Crippen LogP contribution in [0.1, 0.15) is 22.8 Å². The van der Waals surface area contributed by atoms with Crippen LogP contribution in [-0.2, 0) is 9.59 Å². The van der Waals surface area contributed by atoms with E-state index in [9.17, 15) is 14.4 Å². The lowest BCUT2D eigenvalue weighted by Gasteiger charge is -2.15. The van der Waals surface area contributed by atoms with Crippen LogP contribution < -0.4 is 25.4 Å². The number of carbonyl (C=O) groups is 3. The van der Waals surface area contributed by atoms with Crippen molar-refractivity contribution in [2.75, 3.05) is 24.9 Å². The zero-order valence-electron chi connectivity index (χ0n) is 23.7. The first-order chi connectivity index (χ1) is 20.7. The van der Waals surface area contributed by atoms with E-state index in [1.165, 1.54) is 18.9 Å². The van der Waals surface area contributed by atoms with E-state index >= 15 is 0 Å². The zero-order chi connectivity index (χ0) is 30.8. The number of carbonyl (C=O) groups excluding carboxylic acids is 3. The van der Waals surface area contributed by atoms with E-state index in [0.717, 1.165) is 4.90 Å². The molecule has 0 saturated carbocycles. The second kappa shape index (κ2) is 14.9. The van der Waals surface area contributed by atoms with Crippen LogP contribution in [-0.4, -0.2) is 37.2 Å². The molecule has 0 aliphatic rings. The Morgan fingerprint density at radius 2 is 1.53 bits per heavy atom. The number of thioether (sulfide) groups is 1. The molecule has 0 aliphatic carbocycles. The van der Waals surface area contributed by atoms with Crippen molar-refractivity contribution in [2.24, 2.45) is 0 Å². The SMILES string of the molecule is COc1ccc(NC(=O)C(C)Sc2ccc(NC(=O)/C(=C/c3ccc(Cl)cc3)NC(=O)c3ccccc3)cc2)c(OC)c1. The summed E-state index contributed by atoms with van der Waals surface area (Å²) in [6, 6.07) is 27.8. The summed E-state index contributed by atoms with van der Waals surface area (Å²) in [6.45, 7) is 1.80. The molecule has 1 atom stereocenters. The lowest BCUT2D eigenvalue weighted by atomic mass is 10.1. The van der Waals surface area contributed by atoms with E-state index in [1.54, 1.807) is 105 Å². The Balaban J connectivity index is 1.42. The predicted octanol–water partition coefficient (Wildman–Crippen LogP) is 6.89. The summed E-state index contributed by atoms with van der Waals surface area (Å²) in [7, 11) is 3.08. The van der Waals surface area contributed by atoms with Gasteiger partial charge < -0.3 is 25.4 Å². The van der Waals surface area contributed by atoms with Crippen molar-refractivity contribution >= 4 is 58.5 Å². The fraction of sp³-hybridized carbons (Fsp3) is 0.121. The molecule has 0 radical (unpaired) electrons. The topological polar surface area (TPSA) is 106 Å². The molecule has 220 valence electrons. The Hall–Kier alpha value is -4.73. The second-order valence-corrected chi connectivity index (χ2v) is 11.1. The molecule has 10 heteroatoms. The van der Waals surface area contributed by atoms with Gasteiger partial charge in [0.1, 0.15) is 17.2 Å². The number of benzene rings is 4. The van der Waals surface area contributed by atoms with Gasteiger partial charge in [0.05, 0.1) is 25.2 Å². The first-order valence-electron chi connectivity index (χ1n) is 13.2. The molecule has 0 aromatic heterocycles. The molecular formula is C33H30ClN3O5S. The number of hydrogen-bond acceptors (Lipinski definition) is 6. The molecule has 8 nitrogen and oxygen atoms in total. The van der Waals surface area contributed by atoms with E-state index < -0.39 is 17.1 Å². The Kier molecular flexibility index (Phi) is 10.9. The minimum absolute atomic E-state index is 0.0638. The van der Waals surface area contributed by atoms with Gasteiger partial charge in [-0.3, -0.25) is 14.4 Å². The second-order valence-electron chi connectivity index (χ2n) is 9.22. The molecular weight excluding hydrogens is 586 g/mol. The molecule has 4 rings (SSSR count). The van der Waals surface area contributed by atoms with Gasteiger partial charge in [-0.1, -0.05) is 41.9 Å². The standard InChI is InChI=1S/C33H30ClN3O5S/c1-21(31(38)36-28-18-15-26(41-2)20-30(28)42-3)43-27-16-13-25(14-17-27)35-33(40)29(19-22-9-11-24(34)12-10-22)37-32(39)23-7-5-4-6-8-23/h4-21H,1-3H3,(H,35,40)(H,36,38)(H,37,39)/b29-19-. The lowest BCUT2D eigenvalue weighted by Crippen LogP contribution is -2.30. The maximum Gasteiger partial charge on any atom is 0.272 e. The van der Waals surface area contributed by atoms with Crippen molar-refractivity contribution in [3.8, 4) is 11.5 Å². The number of nitrogens with one attached hydrogen (secondary N) is 3. The minimum atomic E-state index is -0.499. The highest BCUT2D eigenvalue weighted by Gasteiger charge is 2.18. The Labute approximate surface area is 259 Å². The van der Waals surface area contributed by atoms with Gasteiger partial charge in [0.15, 0.2) is 0 Å². The molecule has 4 aromatic rings. The predicted molar refractivity (Wildman–Crippen MR) is 172 cm³/mol. The van der Waals surface area contributed by atoms with E-state index in [0.29, 0.717) is 39.0 Å². The zero-order valence-corrected chi connectivity index (χ0v) is 25.3. The molecule has 1 unspecified atom stereocenters. The van der Waals surface area contributed by atoms with E-state index in [-0.39, 0.29) is 11.6 Å². The molecule has 0 saturated heterocycles. The summed E-state index contributed by atoms with van der Waals surface area (Å²) in [4.78, 5) is 39.8. The maximum absolute atomic E-state index is 13.3. The van der Waals surface area contributed by atoms with Crippen LogP contribution in [0.5, 0.6) is 11.5 Å². The van der Waals surface area contributed by atoms with Gasteiger partial charge in [0.25, 0.3) is 11.8 Å². The van der Waals surface area contributed by atoms with Gasteiger partial charge >= 0.3 is 0 Å². The summed E-state index contributed by atoms with van der Waals surface area (Å²) in [5.74, 6) is 0.00471. The van der Waals surface area contributed by atoms with Crippen molar-refractivity contribution in [2.45, 2.75) is 17.1 Å². The van der Waals surface area contributed by atoms with Gasteiger partial charge in [0, 0.05) is 27.2 Å². The number of hydrogen-bond donors (Lipinski definition) is 3. The number of rotatable bonds is 11. The molecule has 0 spiro atoms. The van der Waals surface area contributed by atoms with Gasteiger partial charge in [0.2, 0.25) is 5.91 Å². The minimum Gasteiger partial charge on any atom is -0.497 e. The maximum atomic E-state index is 13.3. The Morgan fingerprint density at radius 3 is 2.19 bits per heavy atom. The number of amides is 3. The van der Waals surface area contributed by atoms with Crippen LogP contribution in [0.2, 0.25) is 5.02 Å². The fourth-order valence-corrected chi connectivity index (χ4v) is 4.87. The van der Waals surface area contributed by atoms with Crippen molar-refractivity contribution in [1.29, 1.82) is 0 Å². The van der Waals surface area contributed by atoms with E-state index in [1.807, 2.05) is 12.1 Å². The molecule has 4 aromatic carbocycles. The highest BCUT2D eigenvalue weighted by atomic mass is 35.5. The van der Waals surface area contributed by atoms with Crippen molar-refractivity contribution in [1.82, 2.24) is 5.32 Å². The normalized spacial score (nSPS) is 11.7. The summed E-state index contributed by atoms with van der Waals surface area (Å²) >= 11 is 7.37. The van der Waals surface area contributed by atoms with Crippen LogP contribution in [0.4, 0.5) is 11.4 Å². The van der Waals surface area contributed by atoms with Gasteiger partial charge in [-0.2, -0.15) is 0 Å². The van der Waals surface area contributed by atoms with Gasteiger partial charge in [-0.25, -0.2) is 0 Å². The molecule has 0 bridgehead atoms. The van der Waals surface area contributed by atoms with Crippen LogP contribution >= 0.6 is 23.4 Å². The third-order valence-electron chi connectivity index (χ3n) is 6.17. The number of anilines is 2. The summed E-state index contributed by atoms with van der Waals surface area (Å²) in [6.07, 6.45) is 1.58. The number of halogens is 1. The summed E-state index contributed by atoms with van der Waals surface area (Å²) in [5, 5.41) is 8.56. The summed E-state index contributed by atoms with van der Waals surface area (Å²) < 4.78 is 10.6. The van der Waals surface area contributed by atoms with Crippen LogP contribution in [0.25, 0.3) is 6.08 Å². The van der Waals surface area contributed by atoms with Crippen molar-refractivity contribution in [3.63, 3.8) is 0 Å². The molecule has 0 heterocycles. The van der Waals surface area contributed by atoms with Crippen LogP contribution in [0.3, 0.4) is 0 Å². The molecule has 0 fully saturated rings. The Bertz CT molecular complexity index is 1610. The molecule has 3 N–H and O–H groups in total. The van der Waals surface area contributed by atoms with Gasteiger partial charge in [-0.15, -0.1) is 11.8 Å². The average molecular weight is 616 g/mol. The number of ether oxygens (including phenoxy) is 2. The van der Waals surface area contributed by atoms with E-state index in [4.69, 9.17) is 21.1 Å². The monoisotopic (exact) mass is 615 g/mol. The molecule has 0 aliphatic heterocycles. The summed E-state index contributed by atoms with van der Waals surface area (Å²) in [5.41, 5.74) is 2.23. The van der Waals surface area contributed by atoms with Crippen LogP contribution in [0.15, 0.2) is 108 Å². The molecule has 3 amide bonds. The Morgan fingerprint density at radius 1 is 0.837 bits per heavy atom. The molecule has 43 heavy (non-hydrogen) atoms. The average Bonchev–Trinajstić information content (AvgIpc) is 3.03. The van der Waals surface area contributed by atoms with Crippen LogP contribution in [0, 0.1) is 0 Å². The highest BCUT2D eigenvalue weighted by molar-refractivity contribution is 8.00. The largest absolute Gasteiger partial charge is 0.497 e. The quantitative estimate of drug-likeness (QED) is 0.125. The number of methoxy groups -OCH3 is 2. The first kappa shape index (κ1) is 31.2. The third kappa shape index (κ3) is 8.88. The third-order valence-corrected chi connectivity index (χ3v) is 7.53. The van der Waals surface area contributed by atoms with Crippen molar-refractivity contribution < 1.29 is 23.9 Å². The smallest absolute Gasteiger partial charge is 0.272 e. The fourth-order valence-electron chi connectivity index (χ4n) is 3.88. The lowest BCUT2D eigenvalue weighted by molar-refractivity contribution is -0.115. The van der Waals surface area contributed by atoms with E-state index in [2.05, 4.69) is 16.0 Å². The van der Waals surface area contributed by atoms with Crippen molar-refractivity contribution in [3.05, 3.63) is 119 Å².